The van der Waals surface area contributed by atoms with E-state index < -0.39 is 0 Å². The van der Waals surface area contributed by atoms with Gasteiger partial charge in [-0.2, -0.15) is 0 Å². The molecule has 0 aromatic carbocycles. The normalized spacial score (nSPS) is 17.3. The van der Waals surface area contributed by atoms with Crippen molar-refractivity contribution in [1.82, 2.24) is 10.2 Å². The Kier molecular flexibility index (Phi) is 3.41. The van der Waals surface area contributed by atoms with E-state index in [2.05, 4.69) is 12.2 Å². The highest BCUT2D eigenvalue weighted by molar-refractivity contribution is 6.30. The van der Waals surface area contributed by atoms with E-state index in [1.807, 2.05) is 0 Å². The Morgan fingerprint density at radius 1 is 1.75 bits per heavy atom. The number of rotatable bonds is 3. The minimum atomic E-state index is 0.00667. The van der Waals surface area contributed by atoms with Gasteiger partial charge in [0, 0.05) is 12.6 Å². The average molecular weight is 189 g/mol. The summed E-state index contributed by atoms with van der Waals surface area (Å²) in [6.07, 6.45) is 3.56. The molecule has 0 radical (unpaired) electrons. The summed E-state index contributed by atoms with van der Waals surface area (Å²) < 4.78 is 0. The van der Waals surface area contributed by atoms with Crippen LogP contribution in [0.5, 0.6) is 0 Å². The first kappa shape index (κ1) is 9.39. The highest BCUT2D eigenvalue weighted by Gasteiger charge is 2.15. The van der Waals surface area contributed by atoms with Crippen molar-refractivity contribution in [3.8, 4) is 0 Å². The summed E-state index contributed by atoms with van der Waals surface area (Å²) in [6, 6.07) is 0. The van der Waals surface area contributed by atoms with E-state index in [1.54, 1.807) is 4.90 Å². The van der Waals surface area contributed by atoms with Gasteiger partial charge in [-0.05, 0) is 6.42 Å². The van der Waals surface area contributed by atoms with Gasteiger partial charge >= 0.3 is 0 Å². The van der Waals surface area contributed by atoms with Crippen molar-refractivity contribution in [2.24, 2.45) is 0 Å². The molecule has 1 heterocycles. The summed E-state index contributed by atoms with van der Waals surface area (Å²) in [5.74, 6) is 0.00667. The zero-order chi connectivity index (χ0) is 8.97. The molecule has 0 saturated heterocycles. The van der Waals surface area contributed by atoms with Gasteiger partial charge in [0.15, 0.2) is 0 Å². The van der Waals surface area contributed by atoms with Gasteiger partial charge in [0.25, 0.3) is 5.91 Å². The van der Waals surface area contributed by atoms with Gasteiger partial charge in [0.2, 0.25) is 0 Å². The Bertz CT molecular complexity index is 203. The molecule has 0 unspecified atom stereocenters. The van der Waals surface area contributed by atoms with Gasteiger partial charge in [-0.25, -0.2) is 0 Å². The minimum Gasteiger partial charge on any atom is -0.358 e. The predicted octanol–water partition coefficient (Wildman–Crippen LogP) is 1.26. The third kappa shape index (κ3) is 2.41. The molecule has 4 heteroatoms. The fraction of sp³-hybridized carbons (Fsp3) is 0.625. The van der Waals surface area contributed by atoms with Crippen LogP contribution in [0.3, 0.4) is 0 Å². The van der Waals surface area contributed by atoms with Gasteiger partial charge in [-0.15, -0.1) is 0 Å². The van der Waals surface area contributed by atoms with E-state index >= 15 is 0 Å². The molecule has 0 aromatic rings. The number of carbonyl (C=O) groups is 1. The van der Waals surface area contributed by atoms with Crippen molar-refractivity contribution in [2.75, 3.05) is 13.2 Å². The van der Waals surface area contributed by atoms with E-state index in [-0.39, 0.29) is 5.91 Å². The van der Waals surface area contributed by atoms with Crippen LogP contribution in [0.1, 0.15) is 19.8 Å². The predicted molar refractivity (Wildman–Crippen MR) is 48.6 cm³/mol. The second-order valence-electron chi connectivity index (χ2n) is 2.78. The SMILES string of the molecule is CCCCN1CNC(Cl)=CC1=O. The highest BCUT2D eigenvalue weighted by Crippen LogP contribution is 2.06. The van der Waals surface area contributed by atoms with Crippen LogP contribution in [0.25, 0.3) is 0 Å². The Labute approximate surface area is 77.4 Å². The van der Waals surface area contributed by atoms with Gasteiger partial charge in [-0.1, -0.05) is 24.9 Å². The van der Waals surface area contributed by atoms with Crippen molar-refractivity contribution >= 4 is 17.5 Å². The summed E-state index contributed by atoms with van der Waals surface area (Å²) in [5.41, 5.74) is 0. The maximum absolute atomic E-state index is 11.2. The van der Waals surface area contributed by atoms with Crippen molar-refractivity contribution in [3.63, 3.8) is 0 Å². The molecule has 0 atom stereocenters. The number of nitrogens with zero attached hydrogens (tertiary/aromatic N) is 1. The van der Waals surface area contributed by atoms with Crippen LogP contribution in [0, 0.1) is 0 Å². The Morgan fingerprint density at radius 2 is 2.50 bits per heavy atom. The molecule has 1 aliphatic heterocycles. The lowest BCUT2D eigenvalue weighted by atomic mass is 10.3. The summed E-state index contributed by atoms with van der Waals surface area (Å²) in [6.45, 7) is 3.45. The average Bonchev–Trinajstić information content (AvgIpc) is 2.03. The number of unbranched alkanes of at least 4 members (excludes halogenated alkanes) is 1. The van der Waals surface area contributed by atoms with Crippen LogP contribution >= 0.6 is 11.6 Å². The van der Waals surface area contributed by atoms with E-state index in [0.717, 1.165) is 19.4 Å². The molecule has 0 fully saturated rings. The molecule has 1 rings (SSSR count). The number of carbonyl (C=O) groups excluding carboxylic acids is 1. The maximum Gasteiger partial charge on any atom is 0.250 e. The number of nitrogens with one attached hydrogen (secondary N) is 1. The fourth-order valence-corrected chi connectivity index (χ4v) is 1.19. The van der Waals surface area contributed by atoms with Crippen LogP contribution in [0.15, 0.2) is 11.2 Å². The molecule has 68 valence electrons. The number of hydrogen-bond acceptors (Lipinski definition) is 2. The van der Waals surface area contributed by atoms with E-state index in [1.165, 1.54) is 6.08 Å². The molecule has 0 bridgehead atoms. The summed E-state index contributed by atoms with van der Waals surface area (Å²) in [4.78, 5) is 13.0. The lowest BCUT2D eigenvalue weighted by Gasteiger charge is -2.25. The quantitative estimate of drug-likeness (QED) is 0.677. The van der Waals surface area contributed by atoms with Gasteiger partial charge in [-0.3, -0.25) is 4.79 Å². The molecular weight excluding hydrogens is 176 g/mol. The summed E-state index contributed by atoms with van der Waals surface area (Å²) in [5, 5.41) is 3.34. The third-order valence-corrected chi connectivity index (χ3v) is 2.02. The van der Waals surface area contributed by atoms with Crippen LogP contribution in [0.4, 0.5) is 0 Å². The first-order valence-corrected chi connectivity index (χ1v) is 4.52. The van der Waals surface area contributed by atoms with E-state index in [0.29, 0.717) is 11.8 Å². The second-order valence-corrected chi connectivity index (χ2v) is 3.19. The van der Waals surface area contributed by atoms with Crippen LogP contribution in [0.2, 0.25) is 0 Å². The molecule has 12 heavy (non-hydrogen) atoms. The molecular formula is C8H13ClN2O. The molecule has 0 saturated carbocycles. The Morgan fingerprint density at radius 3 is 3.08 bits per heavy atom. The van der Waals surface area contributed by atoms with E-state index in [4.69, 9.17) is 11.6 Å². The van der Waals surface area contributed by atoms with Crippen molar-refractivity contribution < 1.29 is 4.79 Å². The summed E-state index contributed by atoms with van der Waals surface area (Å²) >= 11 is 5.61. The lowest BCUT2D eigenvalue weighted by molar-refractivity contribution is -0.127. The van der Waals surface area contributed by atoms with E-state index in [9.17, 15) is 4.79 Å². The number of hydrogen-bond donors (Lipinski definition) is 1. The van der Waals surface area contributed by atoms with Gasteiger partial charge in [0.1, 0.15) is 5.16 Å². The third-order valence-electron chi connectivity index (χ3n) is 1.78. The van der Waals surface area contributed by atoms with Crippen LogP contribution in [-0.4, -0.2) is 24.0 Å². The largest absolute Gasteiger partial charge is 0.358 e. The van der Waals surface area contributed by atoms with Crippen LogP contribution < -0.4 is 5.32 Å². The standard InChI is InChI=1S/C8H13ClN2O/c1-2-3-4-11-6-10-7(9)5-8(11)12/h5,10H,2-4,6H2,1H3. The molecule has 0 aliphatic carbocycles. The monoisotopic (exact) mass is 188 g/mol. The smallest absolute Gasteiger partial charge is 0.250 e. The Hall–Kier alpha value is -0.700. The highest BCUT2D eigenvalue weighted by atomic mass is 35.5. The number of halogens is 1. The minimum absolute atomic E-state index is 0.00667. The van der Waals surface area contributed by atoms with Crippen molar-refractivity contribution in [3.05, 3.63) is 11.2 Å². The molecule has 0 aromatic heterocycles. The second kappa shape index (κ2) is 4.36. The Balaban J connectivity index is 2.42. The topological polar surface area (TPSA) is 32.3 Å². The van der Waals surface area contributed by atoms with Crippen molar-refractivity contribution in [1.29, 1.82) is 0 Å². The molecule has 1 N–H and O–H groups in total. The maximum atomic E-state index is 11.2. The summed E-state index contributed by atoms with van der Waals surface area (Å²) in [7, 11) is 0. The van der Waals surface area contributed by atoms with Crippen molar-refractivity contribution in [2.45, 2.75) is 19.8 Å². The zero-order valence-corrected chi connectivity index (χ0v) is 7.90. The zero-order valence-electron chi connectivity index (χ0n) is 7.14. The first-order chi connectivity index (χ1) is 5.74. The molecule has 0 spiro atoms. The fourth-order valence-electron chi connectivity index (χ4n) is 1.04. The van der Waals surface area contributed by atoms with Crippen LogP contribution in [-0.2, 0) is 4.79 Å². The lowest BCUT2D eigenvalue weighted by Crippen LogP contribution is -2.41. The molecule has 3 nitrogen and oxygen atoms in total. The van der Waals surface area contributed by atoms with Gasteiger partial charge in [0.05, 0.1) is 6.67 Å². The molecule has 1 aliphatic rings. The number of amides is 1. The molecule has 1 amide bonds. The first-order valence-electron chi connectivity index (χ1n) is 4.14. The van der Waals surface area contributed by atoms with Gasteiger partial charge < -0.3 is 10.2 Å².